The Bertz CT molecular complexity index is 593. The SMILES string of the molecule is CC1(C)C(CN2C(=O)NC(Cc3ccccc3)C2=O)C1(C)C. The lowest BCUT2D eigenvalue weighted by molar-refractivity contribution is -0.127. The minimum Gasteiger partial charge on any atom is -0.325 e. The minimum atomic E-state index is -0.431. The summed E-state index contributed by atoms with van der Waals surface area (Å²) in [6.07, 6.45) is 0.555. The fourth-order valence-corrected chi connectivity index (χ4v) is 3.71. The van der Waals surface area contributed by atoms with Gasteiger partial charge >= 0.3 is 6.03 Å². The van der Waals surface area contributed by atoms with E-state index >= 15 is 0 Å². The smallest absolute Gasteiger partial charge is 0.324 e. The molecule has 1 unspecified atom stereocenters. The molecule has 1 atom stereocenters. The van der Waals surface area contributed by atoms with Crippen molar-refractivity contribution < 1.29 is 9.59 Å². The molecule has 1 aromatic carbocycles. The highest BCUT2D eigenvalue weighted by atomic mass is 16.2. The zero-order valence-corrected chi connectivity index (χ0v) is 13.7. The van der Waals surface area contributed by atoms with Gasteiger partial charge in [-0.25, -0.2) is 4.79 Å². The number of nitrogens with one attached hydrogen (secondary N) is 1. The second kappa shape index (κ2) is 4.83. The predicted molar refractivity (Wildman–Crippen MR) is 85.2 cm³/mol. The van der Waals surface area contributed by atoms with Crippen LogP contribution in [0.15, 0.2) is 30.3 Å². The highest BCUT2D eigenvalue weighted by Crippen LogP contribution is 2.68. The summed E-state index contributed by atoms with van der Waals surface area (Å²) in [6.45, 7) is 9.35. The van der Waals surface area contributed by atoms with E-state index < -0.39 is 6.04 Å². The number of hydrogen-bond acceptors (Lipinski definition) is 2. The second-order valence-electron chi connectivity index (χ2n) is 7.64. The molecule has 1 aromatic rings. The monoisotopic (exact) mass is 300 g/mol. The molecule has 3 rings (SSSR count). The van der Waals surface area contributed by atoms with Crippen molar-refractivity contribution >= 4 is 11.9 Å². The Morgan fingerprint density at radius 3 is 2.18 bits per heavy atom. The van der Waals surface area contributed by atoms with Gasteiger partial charge in [0.25, 0.3) is 5.91 Å². The Labute approximate surface area is 131 Å². The number of rotatable bonds is 4. The van der Waals surface area contributed by atoms with Crippen LogP contribution in [0.3, 0.4) is 0 Å². The number of hydrogen-bond donors (Lipinski definition) is 1. The van der Waals surface area contributed by atoms with E-state index in [-0.39, 0.29) is 22.8 Å². The summed E-state index contributed by atoms with van der Waals surface area (Å²) >= 11 is 0. The van der Waals surface area contributed by atoms with Crippen LogP contribution in [0, 0.1) is 16.7 Å². The van der Waals surface area contributed by atoms with Gasteiger partial charge in [-0.2, -0.15) is 0 Å². The summed E-state index contributed by atoms with van der Waals surface area (Å²) in [5, 5.41) is 2.83. The Balaban J connectivity index is 1.68. The number of benzene rings is 1. The van der Waals surface area contributed by atoms with Crippen LogP contribution in [0.5, 0.6) is 0 Å². The molecule has 0 aromatic heterocycles. The third-order valence-corrected chi connectivity index (χ3v) is 6.07. The summed E-state index contributed by atoms with van der Waals surface area (Å²) in [5.74, 6) is 0.275. The highest BCUT2D eigenvalue weighted by Gasteiger charge is 2.65. The standard InChI is InChI=1S/C18H24N2O2/c1-17(2)14(18(17,3)4)11-20-15(21)13(19-16(20)22)10-12-8-6-5-7-9-12/h5-9,13-14H,10-11H2,1-4H3,(H,19,22). The van der Waals surface area contributed by atoms with Gasteiger partial charge in [-0.1, -0.05) is 58.0 Å². The van der Waals surface area contributed by atoms with Crippen LogP contribution in [0.4, 0.5) is 4.79 Å². The van der Waals surface area contributed by atoms with Gasteiger partial charge in [-0.15, -0.1) is 0 Å². The van der Waals surface area contributed by atoms with Crippen molar-refractivity contribution in [2.45, 2.75) is 40.2 Å². The minimum absolute atomic E-state index is 0.0904. The van der Waals surface area contributed by atoms with Gasteiger partial charge in [0.15, 0.2) is 0 Å². The Morgan fingerprint density at radius 1 is 1.05 bits per heavy atom. The van der Waals surface area contributed by atoms with E-state index in [2.05, 4.69) is 33.0 Å². The van der Waals surface area contributed by atoms with Crippen LogP contribution in [-0.4, -0.2) is 29.4 Å². The molecule has 1 heterocycles. The Kier molecular flexibility index (Phi) is 3.31. The van der Waals surface area contributed by atoms with Gasteiger partial charge in [0.1, 0.15) is 6.04 Å². The molecule has 2 aliphatic rings. The maximum atomic E-state index is 12.5. The van der Waals surface area contributed by atoms with E-state index in [4.69, 9.17) is 0 Å². The van der Waals surface area contributed by atoms with Crippen molar-refractivity contribution in [2.75, 3.05) is 6.54 Å². The van der Waals surface area contributed by atoms with Gasteiger partial charge in [0.05, 0.1) is 0 Å². The lowest BCUT2D eigenvalue weighted by atomic mass is 10.0. The largest absolute Gasteiger partial charge is 0.325 e. The summed E-state index contributed by atoms with van der Waals surface area (Å²) in [7, 11) is 0. The molecule has 0 radical (unpaired) electrons. The van der Waals surface area contributed by atoms with Gasteiger partial charge < -0.3 is 5.32 Å². The molecular formula is C18H24N2O2. The molecule has 22 heavy (non-hydrogen) atoms. The first-order valence-corrected chi connectivity index (χ1v) is 7.91. The fraction of sp³-hybridized carbons (Fsp3) is 0.556. The molecular weight excluding hydrogens is 276 g/mol. The van der Waals surface area contributed by atoms with Crippen LogP contribution >= 0.6 is 0 Å². The van der Waals surface area contributed by atoms with E-state index in [0.29, 0.717) is 18.9 Å². The van der Waals surface area contributed by atoms with Crippen molar-refractivity contribution in [3.63, 3.8) is 0 Å². The fourth-order valence-electron chi connectivity index (χ4n) is 3.71. The number of carbonyl (C=O) groups excluding carboxylic acids is 2. The van der Waals surface area contributed by atoms with E-state index in [1.54, 1.807) is 0 Å². The topological polar surface area (TPSA) is 49.4 Å². The molecule has 0 bridgehead atoms. The molecule has 1 saturated heterocycles. The van der Waals surface area contributed by atoms with Crippen LogP contribution in [0.25, 0.3) is 0 Å². The summed E-state index contributed by atoms with van der Waals surface area (Å²) < 4.78 is 0. The summed E-state index contributed by atoms with van der Waals surface area (Å²) in [4.78, 5) is 26.1. The van der Waals surface area contributed by atoms with Crippen molar-refractivity contribution in [2.24, 2.45) is 16.7 Å². The predicted octanol–water partition coefficient (Wildman–Crippen LogP) is 2.83. The molecule has 0 spiro atoms. The van der Waals surface area contributed by atoms with Gasteiger partial charge in [0, 0.05) is 13.0 Å². The molecule has 3 amide bonds. The molecule has 1 aliphatic carbocycles. The third-order valence-electron chi connectivity index (χ3n) is 6.07. The van der Waals surface area contributed by atoms with Gasteiger partial charge in [0.2, 0.25) is 0 Å². The zero-order valence-electron chi connectivity index (χ0n) is 13.7. The normalized spacial score (nSPS) is 26.2. The second-order valence-corrected chi connectivity index (χ2v) is 7.64. The zero-order chi connectivity index (χ0) is 16.1. The van der Waals surface area contributed by atoms with Crippen LogP contribution in [0.1, 0.15) is 33.3 Å². The lowest BCUT2D eigenvalue weighted by Crippen LogP contribution is -2.34. The van der Waals surface area contributed by atoms with E-state index in [9.17, 15) is 9.59 Å². The summed E-state index contributed by atoms with van der Waals surface area (Å²) in [6, 6.07) is 9.13. The van der Waals surface area contributed by atoms with Crippen molar-refractivity contribution in [1.82, 2.24) is 10.2 Å². The Morgan fingerprint density at radius 2 is 1.64 bits per heavy atom. The number of imide groups is 1. The van der Waals surface area contributed by atoms with Crippen molar-refractivity contribution in [1.29, 1.82) is 0 Å². The van der Waals surface area contributed by atoms with Crippen molar-refractivity contribution in [3.05, 3.63) is 35.9 Å². The van der Waals surface area contributed by atoms with E-state index in [1.807, 2.05) is 30.3 Å². The number of nitrogens with zero attached hydrogens (tertiary/aromatic N) is 1. The number of carbonyl (C=O) groups is 2. The number of amides is 3. The molecule has 118 valence electrons. The first kappa shape index (κ1) is 15.1. The van der Waals surface area contributed by atoms with Crippen LogP contribution in [0.2, 0.25) is 0 Å². The first-order chi connectivity index (χ1) is 10.2. The first-order valence-electron chi connectivity index (χ1n) is 7.91. The maximum absolute atomic E-state index is 12.5. The quantitative estimate of drug-likeness (QED) is 0.869. The molecule has 4 heteroatoms. The van der Waals surface area contributed by atoms with E-state index in [1.165, 1.54) is 4.90 Å². The van der Waals surface area contributed by atoms with Crippen molar-refractivity contribution in [3.8, 4) is 0 Å². The van der Waals surface area contributed by atoms with Crippen LogP contribution < -0.4 is 5.32 Å². The number of urea groups is 1. The van der Waals surface area contributed by atoms with Gasteiger partial charge in [-0.3, -0.25) is 9.69 Å². The lowest BCUT2D eigenvalue weighted by Gasteiger charge is -2.14. The Hall–Kier alpha value is -1.84. The maximum Gasteiger partial charge on any atom is 0.324 e. The highest BCUT2D eigenvalue weighted by molar-refractivity contribution is 6.04. The molecule has 4 nitrogen and oxygen atoms in total. The van der Waals surface area contributed by atoms with E-state index in [0.717, 1.165) is 5.56 Å². The molecule has 1 saturated carbocycles. The summed E-state index contributed by atoms with van der Waals surface area (Å²) in [5.41, 5.74) is 1.41. The van der Waals surface area contributed by atoms with Crippen LogP contribution in [-0.2, 0) is 11.2 Å². The third kappa shape index (κ3) is 2.21. The molecule has 1 N–H and O–H groups in total. The molecule has 1 aliphatic heterocycles. The van der Waals surface area contributed by atoms with Gasteiger partial charge in [-0.05, 0) is 22.3 Å². The average molecular weight is 300 g/mol. The average Bonchev–Trinajstić information content (AvgIpc) is 2.69. The molecule has 2 fully saturated rings.